The Kier molecular flexibility index (Phi) is 6.75. The van der Waals surface area contributed by atoms with Gasteiger partial charge >= 0.3 is 5.69 Å². The van der Waals surface area contributed by atoms with Crippen LogP contribution in [-0.4, -0.2) is 39.4 Å². The minimum Gasteiger partial charge on any atom is -0.372 e. The molecule has 5 rings (SSSR count). The zero-order valence-corrected chi connectivity index (χ0v) is 20.6. The van der Waals surface area contributed by atoms with Gasteiger partial charge in [0.05, 0.1) is 11.6 Å². The van der Waals surface area contributed by atoms with E-state index in [4.69, 9.17) is 0 Å². The number of benzene rings is 2. The Hall–Kier alpha value is -3.35. The van der Waals surface area contributed by atoms with Gasteiger partial charge in [-0.3, -0.25) is 4.79 Å². The van der Waals surface area contributed by atoms with Crippen LogP contribution in [0.15, 0.2) is 65.7 Å². The van der Waals surface area contributed by atoms with Crippen LogP contribution in [0, 0.1) is 11.8 Å². The predicted octanol–water partition coefficient (Wildman–Crippen LogP) is 3.97. The van der Waals surface area contributed by atoms with E-state index in [0.717, 1.165) is 49.4 Å². The van der Waals surface area contributed by atoms with Crippen molar-refractivity contribution in [3.63, 3.8) is 0 Å². The molecule has 1 N–H and O–H groups in total. The first-order chi connectivity index (χ1) is 17.0. The molecule has 2 aromatic carbocycles. The summed E-state index contributed by atoms with van der Waals surface area (Å²) in [5.41, 5.74) is 3.01. The van der Waals surface area contributed by atoms with Crippen LogP contribution in [0.2, 0.25) is 0 Å². The highest BCUT2D eigenvalue weighted by molar-refractivity contribution is 5.84. The molecule has 1 atom stereocenters. The van der Waals surface area contributed by atoms with Crippen LogP contribution in [0.25, 0.3) is 5.69 Å². The number of nitrogens with one attached hydrogen (secondary N) is 1. The molecule has 184 valence electrons. The van der Waals surface area contributed by atoms with E-state index in [-0.39, 0.29) is 23.6 Å². The van der Waals surface area contributed by atoms with Gasteiger partial charge in [-0.2, -0.15) is 5.10 Å². The predicted molar refractivity (Wildman–Crippen MR) is 138 cm³/mol. The minimum atomic E-state index is -0.123. The largest absolute Gasteiger partial charge is 0.372 e. The van der Waals surface area contributed by atoms with Crippen molar-refractivity contribution in [3.05, 3.63) is 77.0 Å². The average molecular weight is 474 g/mol. The van der Waals surface area contributed by atoms with Gasteiger partial charge in [-0.25, -0.2) is 14.0 Å². The molecule has 0 spiro atoms. The van der Waals surface area contributed by atoms with Crippen LogP contribution in [0.5, 0.6) is 0 Å². The van der Waals surface area contributed by atoms with Crippen molar-refractivity contribution in [1.82, 2.24) is 19.7 Å². The highest BCUT2D eigenvalue weighted by atomic mass is 16.2. The molecule has 7 heteroatoms. The average Bonchev–Trinajstić information content (AvgIpc) is 3.61. The van der Waals surface area contributed by atoms with Crippen molar-refractivity contribution >= 4 is 11.6 Å². The van der Waals surface area contributed by atoms with E-state index in [1.54, 1.807) is 15.6 Å². The number of aromatic nitrogens is 3. The third-order valence-corrected chi connectivity index (χ3v) is 7.24. The minimum absolute atomic E-state index is 0.0721. The normalized spacial score (nSPS) is 17.5. The third kappa shape index (κ3) is 5.34. The maximum Gasteiger partial charge on any atom is 0.350 e. The van der Waals surface area contributed by atoms with E-state index in [1.807, 2.05) is 44.2 Å². The molecule has 2 fully saturated rings. The van der Waals surface area contributed by atoms with Gasteiger partial charge in [0, 0.05) is 31.4 Å². The van der Waals surface area contributed by atoms with Gasteiger partial charge < -0.3 is 10.2 Å². The van der Waals surface area contributed by atoms with Gasteiger partial charge in [0.15, 0.2) is 0 Å². The number of hydrogen-bond acceptors (Lipinski definition) is 4. The Labute approximate surface area is 206 Å². The lowest BCUT2D eigenvalue weighted by molar-refractivity contribution is -0.124. The monoisotopic (exact) mass is 473 g/mol. The summed E-state index contributed by atoms with van der Waals surface area (Å²) in [5.74, 6) is 0.922. The number of piperidine rings is 1. The van der Waals surface area contributed by atoms with Crippen LogP contribution >= 0.6 is 0 Å². The molecule has 1 saturated carbocycles. The first kappa shape index (κ1) is 23.4. The molecule has 2 heterocycles. The van der Waals surface area contributed by atoms with Crippen molar-refractivity contribution in [2.75, 3.05) is 18.0 Å². The smallest absolute Gasteiger partial charge is 0.350 e. The first-order valence-electron chi connectivity index (χ1n) is 12.8. The summed E-state index contributed by atoms with van der Waals surface area (Å²) in [6.07, 6.45) is 5.93. The molecular weight excluding hydrogens is 438 g/mol. The van der Waals surface area contributed by atoms with Gasteiger partial charge in [-0.15, -0.1) is 0 Å². The number of anilines is 1. The molecule has 1 unspecified atom stereocenters. The molecule has 35 heavy (non-hydrogen) atoms. The summed E-state index contributed by atoms with van der Waals surface area (Å²) in [7, 11) is 0. The Morgan fingerprint density at radius 1 is 0.971 bits per heavy atom. The van der Waals surface area contributed by atoms with Crippen molar-refractivity contribution in [3.8, 4) is 5.69 Å². The number of rotatable bonds is 8. The first-order valence-corrected chi connectivity index (χ1v) is 12.8. The second-order valence-corrected chi connectivity index (χ2v) is 10.3. The summed E-state index contributed by atoms with van der Waals surface area (Å²) in [6.45, 7) is 6.55. The fraction of sp³-hybridized carbons (Fsp3) is 0.464. The number of carbonyl (C=O) groups excluding carboxylic acids is 1. The maximum atomic E-state index is 13.1. The molecule has 7 nitrogen and oxygen atoms in total. The molecule has 0 bridgehead atoms. The molecule has 1 aromatic heterocycles. The standard InChI is InChI=1S/C28H35N5O2/c1-20(2)30-27(34)26(22-6-4-3-5-7-22)23-14-16-31(17-15-23)24-10-12-25(13-11-24)32-19-29-33(28(32)35)18-21-8-9-21/h3-7,10-13,19-21,23,26H,8-9,14-18H2,1-2H3,(H,30,34). The van der Waals surface area contributed by atoms with E-state index in [1.165, 1.54) is 12.8 Å². The van der Waals surface area contributed by atoms with Gasteiger partial charge in [0.2, 0.25) is 5.91 Å². The molecule has 3 aromatic rings. The maximum absolute atomic E-state index is 13.1. The van der Waals surface area contributed by atoms with Gasteiger partial charge in [-0.05, 0) is 81.2 Å². The molecule has 0 radical (unpaired) electrons. The summed E-state index contributed by atoms with van der Waals surface area (Å²) in [5, 5.41) is 7.43. The quantitative estimate of drug-likeness (QED) is 0.537. The van der Waals surface area contributed by atoms with Crippen molar-refractivity contribution in [2.24, 2.45) is 11.8 Å². The van der Waals surface area contributed by atoms with Crippen molar-refractivity contribution < 1.29 is 4.79 Å². The van der Waals surface area contributed by atoms with Gasteiger partial charge in [0.1, 0.15) is 6.33 Å². The van der Waals surface area contributed by atoms with E-state index in [9.17, 15) is 9.59 Å². The highest BCUT2D eigenvalue weighted by Crippen LogP contribution is 2.35. The summed E-state index contributed by atoms with van der Waals surface area (Å²) >= 11 is 0. The van der Waals surface area contributed by atoms with Crippen LogP contribution in [0.1, 0.15) is 51.0 Å². The molecule has 1 aliphatic carbocycles. The third-order valence-electron chi connectivity index (χ3n) is 7.24. The van der Waals surface area contributed by atoms with E-state index in [2.05, 4.69) is 39.6 Å². The second-order valence-electron chi connectivity index (χ2n) is 10.3. The summed E-state index contributed by atoms with van der Waals surface area (Å²) in [4.78, 5) is 28.2. The lowest BCUT2D eigenvalue weighted by Crippen LogP contribution is -2.42. The Bertz CT molecular complexity index is 1190. The van der Waals surface area contributed by atoms with Crippen LogP contribution < -0.4 is 15.9 Å². The molecule has 1 amide bonds. The van der Waals surface area contributed by atoms with Crippen molar-refractivity contribution in [1.29, 1.82) is 0 Å². The summed E-state index contributed by atoms with van der Waals surface area (Å²) in [6, 6.07) is 18.5. The molecular formula is C28H35N5O2. The lowest BCUT2D eigenvalue weighted by Gasteiger charge is -2.37. The van der Waals surface area contributed by atoms with E-state index >= 15 is 0 Å². The zero-order valence-electron chi connectivity index (χ0n) is 20.6. The number of carbonyl (C=O) groups is 1. The SMILES string of the molecule is CC(C)NC(=O)C(c1ccccc1)C1CCN(c2ccc(-n3cnn(CC4CC4)c3=O)cc2)CC1. The van der Waals surface area contributed by atoms with E-state index in [0.29, 0.717) is 11.8 Å². The lowest BCUT2D eigenvalue weighted by atomic mass is 9.79. The van der Waals surface area contributed by atoms with Gasteiger partial charge in [0.25, 0.3) is 0 Å². The Morgan fingerprint density at radius 3 is 2.26 bits per heavy atom. The van der Waals surface area contributed by atoms with Crippen LogP contribution in [0.3, 0.4) is 0 Å². The zero-order chi connectivity index (χ0) is 24.4. The molecule has 1 aliphatic heterocycles. The Morgan fingerprint density at radius 2 is 1.63 bits per heavy atom. The fourth-order valence-electron chi connectivity index (χ4n) is 5.17. The van der Waals surface area contributed by atoms with Gasteiger partial charge in [-0.1, -0.05) is 30.3 Å². The number of hydrogen-bond donors (Lipinski definition) is 1. The second kappa shape index (κ2) is 10.1. The fourth-order valence-corrected chi connectivity index (χ4v) is 5.17. The number of nitrogens with zero attached hydrogens (tertiary/aromatic N) is 4. The highest BCUT2D eigenvalue weighted by Gasteiger charge is 2.33. The number of amides is 1. The Balaban J connectivity index is 1.25. The summed E-state index contributed by atoms with van der Waals surface area (Å²) < 4.78 is 3.20. The van der Waals surface area contributed by atoms with Crippen molar-refractivity contribution in [2.45, 2.75) is 58.0 Å². The molecule has 1 saturated heterocycles. The van der Waals surface area contributed by atoms with E-state index < -0.39 is 0 Å². The van der Waals surface area contributed by atoms with Crippen LogP contribution in [-0.2, 0) is 11.3 Å². The topological polar surface area (TPSA) is 72.2 Å². The molecule has 2 aliphatic rings. The van der Waals surface area contributed by atoms with Crippen LogP contribution in [0.4, 0.5) is 5.69 Å².